The molecule has 0 saturated carbocycles. The van der Waals surface area contributed by atoms with Gasteiger partial charge < -0.3 is 0 Å². The largest absolute Gasteiger partial charge is 0.297 e. The molecule has 14 heavy (non-hydrogen) atoms. The third kappa shape index (κ3) is 3.19. The van der Waals surface area contributed by atoms with Gasteiger partial charge in [-0.05, 0) is 31.5 Å². The van der Waals surface area contributed by atoms with Crippen molar-refractivity contribution in [3.63, 3.8) is 0 Å². The minimum absolute atomic E-state index is 0.519. The maximum atomic E-state index is 5.71. The molecule has 0 bridgehead atoms. The standard InChI is InChI=1S/C9H16ClN3S/c1-6(2)7(3)13(4)5-8-11-12-9(10)14-8/h6-7H,5H2,1-4H3. The van der Waals surface area contributed by atoms with E-state index < -0.39 is 0 Å². The van der Waals surface area contributed by atoms with Crippen molar-refractivity contribution in [2.75, 3.05) is 7.05 Å². The van der Waals surface area contributed by atoms with Gasteiger partial charge in [0.2, 0.25) is 4.47 Å². The van der Waals surface area contributed by atoms with Gasteiger partial charge in [0, 0.05) is 6.04 Å². The molecular weight excluding hydrogens is 218 g/mol. The van der Waals surface area contributed by atoms with Crippen LogP contribution in [0, 0.1) is 5.92 Å². The zero-order valence-electron chi connectivity index (χ0n) is 8.99. The lowest BCUT2D eigenvalue weighted by Crippen LogP contribution is -2.32. The van der Waals surface area contributed by atoms with Crippen molar-refractivity contribution >= 4 is 22.9 Å². The van der Waals surface area contributed by atoms with Crippen LogP contribution in [0.5, 0.6) is 0 Å². The van der Waals surface area contributed by atoms with Crippen molar-refractivity contribution < 1.29 is 0 Å². The molecule has 3 nitrogen and oxygen atoms in total. The third-order valence-corrected chi connectivity index (χ3v) is 3.49. The Morgan fingerprint density at radius 1 is 1.36 bits per heavy atom. The van der Waals surface area contributed by atoms with Gasteiger partial charge in [0.15, 0.2) is 0 Å². The Hall–Kier alpha value is -0.190. The maximum Gasteiger partial charge on any atom is 0.207 e. The van der Waals surface area contributed by atoms with Gasteiger partial charge in [-0.15, -0.1) is 10.2 Å². The Morgan fingerprint density at radius 2 is 2.00 bits per heavy atom. The summed E-state index contributed by atoms with van der Waals surface area (Å²) in [4.78, 5) is 2.27. The van der Waals surface area contributed by atoms with Crippen LogP contribution in [-0.4, -0.2) is 28.2 Å². The summed E-state index contributed by atoms with van der Waals surface area (Å²) in [7, 11) is 2.10. The average Bonchev–Trinajstić information content (AvgIpc) is 2.49. The molecule has 0 aromatic carbocycles. The Bertz CT molecular complexity index is 287. The lowest BCUT2D eigenvalue weighted by Gasteiger charge is -2.26. The van der Waals surface area contributed by atoms with Crippen molar-refractivity contribution in [1.29, 1.82) is 0 Å². The van der Waals surface area contributed by atoms with E-state index in [0.717, 1.165) is 11.6 Å². The van der Waals surface area contributed by atoms with Crippen molar-refractivity contribution in [3.8, 4) is 0 Å². The quantitative estimate of drug-likeness (QED) is 0.801. The second-order valence-corrected chi connectivity index (χ2v) is 5.49. The molecule has 0 radical (unpaired) electrons. The summed E-state index contributed by atoms with van der Waals surface area (Å²) < 4.78 is 0.519. The van der Waals surface area contributed by atoms with Crippen LogP contribution in [0.15, 0.2) is 0 Å². The third-order valence-electron chi connectivity index (χ3n) is 2.49. The summed E-state index contributed by atoms with van der Waals surface area (Å²) in [6, 6.07) is 0.540. The minimum atomic E-state index is 0.519. The first-order valence-corrected chi connectivity index (χ1v) is 5.88. The first kappa shape index (κ1) is 11.9. The predicted octanol–water partition coefficient (Wildman–Crippen LogP) is 2.67. The fraction of sp³-hybridized carbons (Fsp3) is 0.778. The smallest absolute Gasteiger partial charge is 0.207 e. The van der Waals surface area contributed by atoms with Crippen LogP contribution >= 0.6 is 22.9 Å². The molecular formula is C9H16ClN3S. The van der Waals surface area contributed by atoms with E-state index in [0.29, 0.717) is 16.4 Å². The summed E-state index contributed by atoms with van der Waals surface area (Å²) >= 11 is 7.16. The zero-order chi connectivity index (χ0) is 10.7. The Morgan fingerprint density at radius 3 is 2.43 bits per heavy atom. The zero-order valence-corrected chi connectivity index (χ0v) is 10.6. The van der Waals surface area contributed by atoms with Crippen LogP contribution in [0.25, 0.3) is 0 Å². The van der Waals surface area contributed by atoms with Gasteiger partial charge in [-0.3, -0.25) is 4.90 Å². The van der Waals surface area contributed by atoms with E-state index in [-0.39, 0.29) is 0 Å². The van der Waals surface area contributed by atoms with Crippen molar-refractivity contribution in [2.45, 2.75) is 33.4 Å². The molecule has 0 N–H and O–H groups in total. The molecule has 0 saturated heterocycles. The number of hydrogen-bond donors (Lipinski definition) is 0. The van der Waals surface area contributed by atoms with E-state index in [1.165, 1.54) is 11.3 Å². The maximum absolute atomic E-state index is 5.71. The molecule has 0 fully saturated rings. The molecule has 1 heterocycles. The topological polar surface area (TPSA) is 29.0 Å². The number of halogens is 1. The fourth-order valence-corrected chi connectivity index (χ4v) is 2.09. The Balaban J connectivity index is 2.52. The van der Waals surface area contributed by atoms with Gasteiger partial charge in [0.25, 0.3) is 0 Å². The molecule has 80 valence electrons. The summed E-state index contributed by atoms with van der Waals surface area (Å²) in [5.74, 6) is 0.642. The van der Waals surface area contributed by atoms with Crippen LogP contribution < -0.4 is 0 Å². The molecule has 1 aromatic rings. The summed E-state index contributed by atoms with van der Waals surface area (Å²) in [6.07, 6.45) is 0. The highest BCUT2D eigenvalue weighted by molar-refractivity contribution is 7.15. The highest BCUT2D eigenvalue weighted by Gasteiger charge is 2.14. The van der Waals surface area contributed by atoms with E-state index in [1.807, 2.05) is 0 Å². The fourth-order valence-electron chi connectivity index (χ4n) is 1.16. The lowest BCUT2D eigenvalue weighted by molar-refractivity contribution is 0.200. The van der Waals surface area contributed by atoms with Gasteiger partial charge in [-0.1, -0.05) is 25.2 Å². The number of rotatable bonds is 4. The molecule has 1 atom stereocenters. The molecule has 1 aromatic heterocycles. The molecule has 0 spiro atoms. The molecule has 0 aliphatic heterocycles. The van der Waals surface area contributed by atoms with Crippen LogP contribution in [-0.2, 0) is 6.54 Å². The number of nitrogens with zero attached hydrogens (tertiary/aromatic N) is 3. The normalized spacial score (nSPS) is 13.9. The summed E-state index contributed by atoms with van der Waals surface area (Å²) in [6.45, 7) is 7.47. The molecule has 5 heteroatoms. The molecule has 1 unspecified atom stereocenters. The van der Waals surface area contributed by atoms with E-state index >= 15 is 0 Å². The first-order valence-electron chi connectivity index (χ1n) is 4.69. The van der Waals surface area contributed by atoms with Crippen molar-refractivity contribution in [1.82, 2.24) is 15.1 Å². The van der Waals surface area contributed by atoms with Crippen LogP contribution in [0.3, 0.4) is 0 Å². The van der Waals surface area contributed by atoms with Gasteiger partial charge in [0.05, 0.1) is 6.54 Å². The highest BCUT2D eigenvalue weighted by atomic mass is 35.5. The Labute approximate surface area is 94.1 Å². The lowest BCUT2D eigenvalue weighted by atomic mass is 10.1. The Kier molecular flexibility index (Phi) is 4.29. The van der Waals surface area contributed by atoms with Gasteiger partial charge >= 0.3 is 0 Å². The molecule has 1 rings (SSSR count). The number of hydrogen-bond acceptors (Lipinski definition) is 4. The van der Waals surface area contributed by atoms with Crippen LogP contribution in [0.2, 0.25) is 4.47 Å². The van der Waals surface area contributed by atoms with E-state index in [2.05, 4.69) is 42.9 Å². The van der Waals surface area contributed by atoms with E-state index in [9.17, 15) is 0 Å². The second kappa shape index (κ2) is 5.05. The van der Waals surface area contributed by atoms with Gasteiger partial charge in [0.1, 0.15) is 5.01 Å². The van der Waals surface area contributed by atoms with Gasteiger partial charge in [-0.25, -0.2) is 0 Å². The second-order valence-electron chi connectivity index (χ2n) is 3.85. The molecule has 0 amide bonds. The first-order chi connectivity index (χ1) is 6.50. The van der Waals surface area contributed by atoms with E-state index in [1.54, 1.807) is 0 Å². The van der Waals surface area contributed by atoms with Gasteiger partial charge in [-0.2, -0.15) is 0 Å². The monoisotopic (exact) mass is 233 g/mol. The van der Waals surface area contributed by atoms with Crippen LogP contribution in [0.4, 0.5) is 0 Å². The molecule has 0 aliphatic rings. The average molecular weight is 234 g/mol. The van der Waals surface area contributed by atoms with Crippen LogP contribution in [0.1, 0.15) is 25.8 Å². The number of aromatic nitrogens is 2. The predicted molar refractivity (Wildman–Crippen MR) is 60.7 cm³/mol. The van der Waals surface area contributed by atoms with Crippen molar-refractivity contribution in [2.24, 2.45) is 5.92 Å². The van der Waals surface area contributed by atoms with E-state index in [4.69, 9.17) is 11.6 Å². The minimum Gasteiger partial charge on any atom is -0.297 e. The summed E-state index contributed by atoms with van der Waals surface area (Å²) in [5.41, 5.74) is 0. The van der Waals surface area contributed by atoms with Crippen molar-refractivity contribution in [3.05, 3.63) is 9.47 Å². The summed E-state index contributed by atoms with van der Waals surface area (Å²) in [5, 5.41) is 8.75. The highest BCUT2D eigenvalue weighted by Crippen LogP contribution is 2.18. The molecule has 0 aliphatic carbocycles. The SMILES string of the molecule is CC(C)C(C)N(C)Cc1nnc(Cl)s1.